The summed E-state index contributed by atoms with van der Waals surface area (Å²) in [5.74, 6) is 1.18. The van der Waals surface area contributed by atoms with Gasteiger partial charge in [0.05, 0.1) is 13.7 Å². The Hall–Kier alpha value is -1.33. The molecular weight excluding hydrogens is 268 g/mol. The number of nitrogens with one attached hydrogen (secondary N) is 1. The van der Waals surface area contributed by atoms with Crippen LogP contribution >= 0.6 is 0 Å². The van der Waals surface area contributed by atoms with E-state index in [-0.39, 0.29) is 5.97 Å². The fourth-order valence-electron chi connectivity index (χ4n) is 3.11. The number of hydrogen-bond acceptors (Lipinski definition) is 5. The summed E-state index contributed by atoms with van der Waals surface area (Å²) in [6, 6.07) is 3.11. The molecule has 1 N–H and O–H groups in total. The van der Waals surface area contributed by atoms with Crippen molar-refractivity contribution in [3.63, 3.8) is 0 Å². The Kier molecular flexibility index (Phi) is 4.31. The van der Waals surface area contributed by atoms with Crippen molar-refractivity contribution in [2.45, 2.75) is 51.2 Å². The molecule has 1 saturated heterocycles. The Balaban J connectivity index is 1.66. The van der Waals surface area contributed by atoms with Crippen LogP contribution in [0.1, 0.15) is 47.6 Å². The average Bonchev–Trinajstić information content (AvgIpc) is 3.08. The largest absolute Gasteiger partial charge is 0.465 e. The van der Waals surface area contributed by atoms with Crippen LogP contribution < -0.4 is 5.32 Å². The summed E-state index contributed by atoms with van der Waals surface area (Å²) in [5, 5.41) is 3.55. The predicted molar refractivity (Wildman–Crippen MR) is 79.2 cm³/mol. The van der Waals surface area contributed by atoms with Gasteiger partial charge in [0.15, 0.2) is 0 Å². The van der Waals surface area contributed by atoms with Gasteiger partial charge in [0.1, 0.15) is 17.1 Å². The van der Waals surface area contributed by atoms with Gasteiger partial charge in [-0.15, -0.1) is 0 Å². The Morgan fingerprint density at radius 3 is 2.90 bits per heavy atom. The van der Waals surface area contributed by atoms with Gasteiger partial charge in [0.2, 0.25) is 0 Å². The number of carbonyl (C=O) groups is 1. The standard InChI is InChI=1S/C16H24N2O3/c1-11-15(16(19)20-2)8-14(21-11)10-18(13-5-6-13)9-12-4-3-7-17-12/h8,12-13,17H,3-7,9-10H2,1-2H3. The summed E-state index contributed by atoms with van der Waals surface area (Å²) in [7, 11) is 1.40. The quantitative estimate of drug-likeness (QED) is 0.814. The van der Waals surface area contributed by atoms with Crippen molar-refractivity contribution in [2.75, 3.05) is 20.2 Å². The van der Waals surface area contributed by atoms with Crippen LogP contribution in [0.4, 0.5) is 0 Å². The van der Waals surface area contributed by atoms with Crippen LogP contribution in [0.15, 0.2) is 10.5 Å². The number of carbonyl (C=O) groups excluding carboxylic acids is 1. The fraction of sp³-hybridized carbons (Fsp3) is 0.688. The third-order valence-electron chi connectivity index (χ3n) is 4.41. The summed E-state index contributed by atoms with van der Waals surface area (Å²) >= 11 is 0. The van der Waals surface area contributed by atoms with Crippen LogP contribution in [-0.4, -0.2) is 43.2 Å². The first-order valence-electron chi connectivity index (χ1n) is 7.82. The number of methoxy groups -OCH3 is 1. The number of ether oxygens (including phenoxy) is 1. The molecular formula is C16H24N2O3. The summed E-state index contributed by atoms with van der Waals surface area (Å²) in [5.41, 5.74) is 0.544. The highest BCUT2D eigenvalue weighted by molar-refractivity contribution is 5.90. The van der Waals surface area contributed by atoms with Crippen molar-refractivity contribution in [3.05, 3.63) is 23.2 Å². The van der Waals surface area contributed by atoms with E-state index in [4.69, 9.17) is 9.15 Å². The number of furan rings is 1. The third kappa shape index (κ3) is 3.47. The molecule has 1 unspecified atom stereocenters. The van der Waals surface area contributed by atoms with E-state index in [1.165, 1.54) is 32.8 Å². The molecule has 5 heteroatoms. The van der Waals surface area contributed by atoms with Crippen molar-refractivity contribution >= 4 is 5.97 Å². The monoisotopic (exact) mass is 292 g/mol. The summed E-state index contributed by atoms with van der Waals surface area (Å²) in [6.45, 7) is 4.80. The van der Waals surface area contributed by atoms with Crippen LogP contribution in [0, 0.1) is 6.92 Å². The molecule has 1 saturated carbocycles. The zero-order valence-electron chi connectivity index (χ0n) is 12.9. The maximum atomic E-state index is 11.7. The zero-order valence-corrected chi connectivity index (χ0v) is 12.9. The molecule has 21 heavy (non-hydrogen) atoms. The summed E-state index contributed by atoms with van der Waals surface area (Å²) in [6.07, 6.45) is 5.08. The highest BCUT2D eigenvalue weighted by atomic mass is 16.5. The predicted octanol–water partition coefficient (Wildman–Crippen LogP) is 2.09. The molecule has 0 bridgehead atoms. The Morgan fingerprint density at radius 1 is 1.48 bits per heavy atom. The van der Waals surface area contributed by atoms with Gasteiger partial charge in [0, 0.05) is 18.6 Å². The van der Waals surface area contributed by atoms with E-state index >= 15 is 0 Å². The molecule has 1 atom stereocenters. The van der Waals surface area contributed by atoms with Crippen LogP contribution in [0.5, 0.6) is 0 Å². The van der Waals surface area contributed by atoms with Gasteiger partial charge >= 0.3 is 5.97 Å². The first-order chi connectivity index (χ1) is 10.2. The lowest BCUT2D eigenvalue weighted by Crippen LogP contribution is -2.38. The minimum absolute atomic E-state index is 0.321. The Morgan fingerprint density at radius 2 is 2.29 bits per heavy atom. The number of nitrogens with zero attached hydrogens (tertiary/aromatic N) is 1. The number of aryl methyl sites for hydroxylation is 1. The molecule has 1 aromatic rings. The molecule has 116 valence electrons. The lowest BCUT2D eigenvalue weighted by Gasteiger charge is -2.24. The SMILES string of the molecule is COC(=O)c1cc(CN(CC2CCCN2)C2CC2)oc1C. The summed E-state index contributed by atoms with van der Waals surface area (Å²) < 4.78 is 10.5. The number of esters is 1. The van der Waals surface area contributed by atoms with E-state index in [1.54, 1.807) is 0 Å². The molecule has 0 amide bonds. The van der Waals surface area contributed by atoms with Crippen molar-refractivity contribution in [3.8, 4) is 0 Å². The lowest BCUT2D eigenvalue weighted by atomic mass is 10.2. The minimum Gasteiger partial charge on any atom is -0.465 e. The molecule has 0 radical (unpaired) electrons. The highest BCUT2D eigenvalue weighted by Crippen LogP contribution is 2.30. The van der Waals surface area contributed by atoms with Gasteiger partial charge in [-0.1, -0.05) is 0 Å². The molecule has 1 aliphatic carbocycles. The topological polar surface area (TPSA) is 54.7 Å². The van der Waals surface area contributed by atoms with E-state index < -0.39 is 0 Å². The second kappa shape index (κ2) is 6.20. The van der Waals surface area contributed by atoms with E-state index in [0.717, 1.165) is 25.4 Å². The highest BCUT2D eigenvalue weighted by Gasteiger charge is 2.32. The van der Waals surface area contributed by atoms with E-state index in [2.05, 4.69) is 10.2 Å². The average molecular weight is 292 g/mol. The van der Waals surface area contributed by atoms with E-state index in [1.807, 2.05) is 13.0 Å². The van der Waals surface area contributed by atoms with E-state index in [0.29, 0.717) is 23.4 Å². The molecule has 5 nitrogen and oxygen atoms in total. The second-order valence-corrected chi connectivity index (χ2v) is 6.13. The molecule has 1 aliphatic heterocycles. The van der Waals surface area contributed by atoms with Crippen molar-refractivity contribution < 1.29 is 13.9 Å². The summed E-state index contributed by atoms with van der Waals surface area (Å²) in [4.78, 5) is 14.1. The fourth-order valence-corrected chi connectivity index (χ4v) is 3.11. The molecule has 0 aromatic carbocycles. The van der Waals surface area contributed by atoms with Gasteiger partial charge in [0.25, 0.3) is 0 Å². The first-order valence-corrected chi connectivity index (χ1v) is 7.82. The normalized spacial score (nSPS) is 22.0. The third-order valence-corrected chi connectivity index (χ3v) is 4.41. The first kappa shape index (κ1) is 14.6. The molecule has 0 spiro atoms. The zero-order chi connectivity index (χ0) is 14.8. The van der Waals surface area contributed by atoms with Gasteiger partial charge in [-0.2, -0.15) is 0 Å². The van der Waals surface area contributed by atoms with E-state index in [9.17, 15) is 4.79 Å². The van der Waals surface area contributed by atoms with Crippen LogP contribution in [0.25, 0.3) is 0 Å². The number of rotatable bonds is 6. The van der Waals surface area contributed by atoms with Gasteiger partial charge in [-0.05, 0) is 45.2 Å². The molecule has 1 aromatic heterocycles. The van der Waals surface area contributed by atoms with Crippen molar-refractivity contribution in [1.29, 1.82) is 0 Å². The maximum Gasteiger partial charge on any atom is 0.341 e. The van der Waals surface area contributed by atoms with Crippen molar-refractivity contribution in [2.24, 2.45) is 0 Å². The maximum absolute atomic E-state index is 11.7. The Bertz CT molecular complexity index is 502. The second-order valence-electron chi connectivity index (χ2n) is 6.13. The van der Waals surface area contributed by atoms with Crippen LogP contribution in [0.2, 0.25) is 0 Å². The smallest absolute Gasteiger partial charge is 0.341 e. The minimum atomic E-state index is -0.321. The molecule has 2 heterocycles. The van der Waals surface area contributed by atoms with Gasteiger partial charge in [-0.25, -0.2) is 4.79 Å². The molecule has 2 fully saturated rings. The molecule has 3 rings (SSSR count). The number of hydrogen-bond donors (Lipinski definition) is 1. The lowest BCUT2D eigenvalue weighted by molar-refractivity contribution is 0.0599. The van der Waals surface area contributed by atoms with Crippen LogP contribution in [-0.2, 0) is 11.3 Å². The van der Waals surface area contributed by atoms with Crippen molar-refractivity contribution in [1.82, 2.24) is 10.2 Å². The van der Waals surface area contributed by atoms with Crippen LogP contribution in [0.3, 0.4) is 0 Å². The van der Waals surface area contributed by atoms with Gasteiger partial charge in [-0.3, -0.25) is 4.90 Å². The Labute approximate surface area is 125 Å². The van der Waals surface area contributed by atoms with Gasteiger partial charge < -0.3 is 14.5 Å². The molecule has 2 aliphatic rings.